The monoisotopic (exact) mass is 319 g/mol. The van der Waals surface area contributed by atoms with Crippen LogP contribution in [0.25, 0.3) is 0 Å². The fraction of sp³-hybridized carbons (Fsp3) is 0.929. The van der Waals surface area contributed by atoms with E-state index in [9.17, 15) is 13.2 Å². The Bertz CT molecular complexity index is 494. The van der Waals surface area contributed by atoms with Crippen LogP contribution in [0.5, 0.6) is 0 Å². The van der Waals surface area contributed by atoms with Crippen LogP contribution in [0.1, 0.15) is 46.5 Å². The summed E-state index contributed by atoms with van der Waals surface area (Å²) in [5, 5.41) is 2.88. The van der Waals surface area contributed by atoms with Crippen LogP contribution in [0.4, 0.5) is 4.79 Å². The number of carbonyl (C=O) groups excluding carboxylic acids is 1. The fourth-order valence-electron chi connectivity index (χ4n) is 3.40. The summed E-state index contributed by atoms with van der Waals surface area (Å²) >= 11 is 0. The van der Waals surface area contributed by atoms with Crippen molar-refractivity contribution in [1.29, 1.82) is 0 Å². The molecule has 122 valence electrons. The molecule has 2 rings (SSSR count). The summed E-state index contributed by atoms with van der Waals surface area (Å²) in [6, 6.07) is 0.177. The van der Waals surface area contributed by atoms with E-state index >= 15 is 0 Å². The molecular formula is C14H25NO5S. The van der Waals surface area contributed by atoms with Crippen LogP contribution in [0.3, 0.4) is 0 Å². The second kappa shape index (κ2) is 5.43. The smallest absolute Gasteiger partial charge is 0.407 e. The van der Waals surface area contributed by atoms with Gasteiger partial charge >= 0.3 is 6.09 Å². The molecule has 2 aliphatic carbocycles. The average Bonchev–Trinajstić information content (AvgIpc) is 2.13. The van der Waals surface area contributed by atoms with E-state index in [1.54, 1.807) is 0 Å². The predicted molar refractivity (Wildman–Crippen MR) is 78.3 cm³/mol. The fourth-order valence-corrected chi connectivity index (χ4v) is 3.84. The molecule has 1 spiro atoms. The molecule has 6 nitrogen and oxygen atoms in total. The molecule has 1 amide bonds. The zero-order chi connectivity index (χ0) is 15.9. The van der Waals surface area contributed by atoms with E-state index in [0.717, 1.165) is 31.9 Å². The van der Waals surface area contributed by atoms with Crippen molar-refractivity contribution in [2.24, 2.45) is 11.3 Å². The zero-order valence-electron chi connectivity index (χ0n) is 13.1. The van der Waals surface area contributed by atoms with Gasteiger partial charge in [0.15, 0.2) is 0 Å². The second-order valence-corrected chi connectivity index (χ2v) is 9.16. The lowest BCUT2D eigenvalue weighted by molar-refractivity contribution is -0.0632. The van der Waals surface area contributed by atoms with Crippen LogP contribution < -0.4 is 5.32 Å². The van der Waals surface area contributed by atoms with Crippen molar-refractivity contribution in [1.82, 2.24) is 5.32 Å². The Morgan fingerprint density at radius 2 is 1.81 bits per heavy atom. The molecule has 0 atom stereocenters. The number of hydrogen-bond donors (Lipinski definition) is 1. The van der Waals surface area contributed by atoms with E-state index in [0.29, 0.717) is 5.92 Å². The highest BCUT2D eigenvalue weighted by atomic mass is 32.2. The summed E-state index contributed by atoms with van der Waals surface area (Å²) in [6.07, 6.45) is 4.57. The van der Waals surface area contributed by atoms with Crippen molar-refractivity contribution in [3.8, 4) is 0 Å². The van der Waals surface area contributed by atoms with Gasteiger partial charge in [-0.15, -0.1) is 0 Å². The Morgan fingerprint density at radius 3 is 2.29 bits per heavy atom. The first-order valence-electron chi connectivity index (χ1n) is 7.30. The highest BCUT2D eigenvalue weighted by Crippen LogP contribution is 2.58. The molecule has 0 bridgehead atoms. The first-order valence-corrected chi connectivity index (χ1v) is 9.12. The first kappa shape index (κ1) is 16.5. The topological polar surface area (TPSA) is 81.7 Å². The van der Waals surface area contributed by atoms with Gasteiger partial charge in [0.25, 0.3) is 10.1 Å². The molecule has 0 heterocycles. The van der Waals surface area contributed by atoms with E-state index in [1.807, 2.05) is 20.8 Å². The zero-order valence-corrected chi connectivity index (χ0v) is 14.0. The van der Waals surface area contributed by atoms with Crippen molar-refractivity contribution in [3.63, 3.8) is 0 Å². The molecule has 0 aromatic heterocycles. The van der Waals surface area contributed by atoms with Gasteiger partial charge in [-0.25, -0.2) is 4.79 Å². The molecule has 0 aromatic carbocycles. The molecule has 2 aliphatic rings. The number of rotatable bonds is 4. The number of carbonyl (C=O) groups is 1. The minimum absolute atomic E-state index is 0.177. The van der Waals surface area contributed by atoms with Crippen molar-refractivity contribution >= 4 is 16.2 Å². The minimum atomic E-state index is -3.34. The lowest BCUT2D eigenvalue weighted by Gasteiger charge is -2.57. The van der Waals surface area contributed by atoms with Gasteiger partial charge in [-0.3, -0.25) is 4.18 Å². The van der Waals surface area contributed by atoms with Crippen LogP contribution in [-0.2, 0) is 19.0 Å². The molecule has 0 aromatic rings. The van der Waals surface area contributed by atoms with E-state index in [1.165, 1.54) is 0 Å². The molecule has 1 N–H and O–H groups in total. The van der Waals surface area contributed by atoms with E-state index in [-0.39, 0.29) is 24.2 Å². The van der Waals surface area contributed by atoms with Crippen molar-refractivity contribution in [3.05, 3.63) is 0 Å². The third-order valence-corrected chi connectivity index (χ3v) is 4.61. The van der Waals surface area contributed by atoms with Crippen LogP contribution >= 0.6 is 0 Å². The number of hydrogen-bond acceptors (Lipinski definition) is 5. The van der Waals surface area contributed by atoms with E-state index in [2.05, 4.69) is 5.32 Å². The van der Waals surface area contributed by atoms with Gasteiger partial charge in [-0.05, 0) is 57.8 Å². The van der Waals surface area contributed by atoms with Crippen LogP contribution in [-0.4, -0.2) is 39.0 Å². The Hall–Kier alpha value is -0.820. The summed E-state index contributed by atoms with van der Waals surface area (Å²) in [6.45, 7) is 5.80. The molecule has 2 saturated carbocycles. The normalized spacial score (nSPS) is 32.2. The summed E-state index contributed by atoms with van der Waals surface area (Å²) in [7, 11) is -3.34. The predicted octanol–water partition coefficient (Wildman–Crippen LogP) is 2.05. The summed E-state index contributed by atoms with van der Waals surface area (Å²) < 4.78 is 31.9. The van der Waals surface area contributed by atoms with Crippen molar-refractivity contribution in [2.75, 3.05) is 12.9 Å². The summed E-state index contributed by atoms with van der Waals surface area (Å²) in [5.74, 6) is 0.321. The highest BCUT2D eigenvalue weighted by molar-refractivity contribution is 7.85. The first-order chi connectivity index (χ1) is 9.46. The van der Waals surface area contributed by atoms with Gasteiger partial charge in [0.2, 0.25) is 0 Å². The van der Waals surface area contributed by atoms with Gasteiger partial charge < -0.3 is 10.1 Å². The summed E-state index contributed by atoms with van der Waals surface area (Å²) in [5.41, 5.74) is -0.193. The standard InChI is InChI=1S/C14H25NO5S/c1-13(2,3)20-12(16)15-11-7-14(8-11)5-10(6-14)9-19-21(4,17)18/h10-11H,5-9H2,1-4H3,(H,15,16). The molecule has 0 radical (unpaired) electrons. The Kier molecular flexibility index (Phi) is 4.28. The Morgan fingerprint density at radius 1 is 1.24 bits per heavy atom. The minimum Gasteiger partial charge on any atom is -0.444 e. The van der Waals surface area contributed by atoms with Gasteiger partial charge in [0.05, 0.1) is 12.9 Å². The Labute approximate surface area is 126 Å². The number of amides is 1. The third-order valence-electron chi connectivity index (χ3n) is 4.04. The summed E-state index contributed by atoms with van der Waals surface area (Å²) in [4.78, 5) is 11.6. The number of nitrogens with one attached hydrogen (secondary N) is 1. The Balaban J connectivity index is 1.64. The van der Waals surface area contributed by atoms with Crippen LogP contribution in [0, 0.1) is 11.3 Å². The largest absolute Gasteiger partial charge is 0.444 e. The van der Waals surface area contributed by atoms with E-state index in [4.69, 9.17) is 8.92 Å². The molecule has 0 aliphatic heterocycles. The number of alkyl carbamates (subject to hydrolysis) is 1. The van der Waals surface area contributed by atoms with Gasteiger partial charge in [0.1, 0.15) is 5.60 Å². The van der Waals surface area contributed by atoms with Crippen LogP contribution in [0.15, 0.2) is 0 Å². The SMILES string of the molecule is CC(C)(C)OC(=O)NC1CC2(CC(COS(C)(=O)=O)C2)C1. The molecule has 7 heteroatoms. The quantitative estimate of drug-likeness (QED) is 0.802. The molecule has 2 fully saturated rings. The van der Waals surface area contributed by atoms with Gasteiger partial charge in [0, 0.05) is 6.04 Å². The lowest BCUT2D eigenvalue weighted by Crippen LogP contribution is -2.57. The molecule has 0 saturated heterocycles. The lowest BCUT2D eigenvalue weighted by atomic mass is 9.50. The van der Waals surface area contributed by atoms with Gasteiger partial charge in [-0.1, -0.05) is 0 Å². The number of ether oxygens (including phenoxy) is 1. The molecule has 0 unspecified atom stereocenters. The van der Waals surface area contributed by atoms with Crippen molar-refractivity contribution < 1.29 is 22.1 Å². The molecule has 21 heavy (non-hydrogen) atoms. The van der Waals surface area contributed by atoms with Crippen LogP contribution in [0.2, 0.25) is 0 Å². The highest BCUT2D eigenvalue weighted by Gasteiger charge is 2.53. The maximum Gasteiger partial charge on any atom is 0.407 e. The average molecular weight is 319 g/mol. The maximum atomic E-state index is 11.6. The molecular weight excluding hydrogens is 294 g/mol. The van der Waals surface area contributed by atoms with Crippen molar-refractivity contribution in [2.45, 2.75) is 58.1 Å². The third kappa shape index (κ3) is 4.85. The second-order valence-electron chi connectivity index (χ2n) is 7.51. The maximum absolute atomic E-state index is 11.6. The van der Waals surface area contributed by atoms with E-state index < -0.39 is 15.7 Å². The van der Waals surface area contributed by atoms with Gasteiger partial charge in [-0.2, -0.15) is 8.42 Å².